The van der Waals surface area contributed by atoms with Crippen LogP contribution in [0.15, 0.2) is 41.2 Å². The van der Waals surface area contributed by atoms with Gasteiger partial charge >= 0.3 is 5.97 Å². The van der Waals surface area contributed by atoms with E-state index >= 15 is 0 Å². The van der Waals surface area contributed by atoms with Crippen LogP contribution < -0.4 is 5.43 Å². The second-order valence-electron chi connectivity index (χ2n) is 4.63. The Morgan fingerprint density at radius 3 is 2.60 bits per heavy atom. The van der Waals surface area contributed by atoms with Crippen molar-refractivity contribution in [1.29, 1.82) is 0 Å². The van der Waals surface area contributed by atoms with Crippen LogP contribution >= 0.6 is 11.3 Å². The van der Waals surface area contributed by atoms with Gasteiger partial charge in [0.1, 0.15) is 0 Å². The van der Waals surface area contributed by atoms with Gasteiger partial charge in [-0.25, -0.2) is 4.79 Å². The molecule has 3 aromatic rings. The summed E-state index contributed by atoms with van der Waals surface area (Å²) in [5, 5.41) is 10.3. The lowest BCUT2D eigenvalue weighted by Crippen LogP contribution is -2.03. The van der Waals surface area contributed by atoms with Gasteiger partial charge in [-0.15, -0.1) is 11.3 Å². The highest BCUT2D eigenvalue weighted by Crippen LogP contribution is 2.26. The number of carboxylic acids is 1. The van der Waals surface area contributed by atoms with Crippen molar-refractivity contribution in [3.63, 3.8) is 0 Å². The number of benzene rings is 2. The number of hydrogen-bond acceptors (Lipinski definition) is 3. The summed E-state index contributed by atoms with van der Waals surface area (Å²) in [7, 11) is 0. The predicted octanol–water partition coefficient (Wildman–Crippen LogP) is 3.68. The molecule has 0 atom stereocenters. The molecule has 1 aromatic heterocycles. The Hall–Kier alpha value is -2.20. The molecule has 0 aliphatic carbocycles. The van der Waals surface area contributed by atoms with Crippen LogP contribution in [0.4, 0.5) is 0 Å². The average molecular weight is 284 g/mol. The number of carboxylic acid groups (broad SMARTS) is 1. The van der Waals surface area contributed by atoms with E-state index in [4.69, 9.17) is 5.11 Å². The largest absolute Gasteiger partial charge is 0.478 e. The Labute approximate surface area is 119 Å². The van der Waals surface area contributed by atoms with Gasteiger partial charge in [-0.1, -0.05) is 13.0 Å². The summed E-state index contributed by atoms with van der Waals surface area (Å²) in [5.41, 5.74) is 1.31. The fourth-order valence-electron chi connectivity index (χ4n) is 2.25. The summed E-state index contributed by atoms with van der Waals surface area (Å²) in [4.78, 5) is 23.5. The molecule has 0 radical (unpaired) electrons. The summed E-state index contributed by atoms with van der Waals surface area (Å²) < 4.78 is 1.61. The van der Waals surface area contributed by atoms with E-state index in [0.717, 1.165) is 16.7 Å². The third-order valence-electron chi connectivity index (χ3n) is 3.39. The number of carbonyl (C=O) groups is 1. The maximum absolute atomic E-state index is 12.5. The molecule has 0 fully saturated rings. The third-order valence-corrected chi connectivity index (χ3v) is 4.52. The van der Waals surface area contributed by atoms with Crippen molar-refractivity contribution < 1.29 is 9.90 Å². The zero-order chi connectivity index (χ0) is 14.3. The van der Waals surface area contributed by atoms with Crippen LogP contribution in [0.2, 0.25) is 0 Å². The second kappa shape index (κ2) is 4.72. The molecule has 4 heteroatoms. The number of rotatable bonds is 2. The molecule has 0 aliphatic rings. The van der Waals surface area contributed by atoms with Gasteiger partial charge in [0, 0.05) is 20.2 Å². The summed E-state index contributed by atoms with van der Waals surface area (Å²) in [6.07, 6.45) is 0.885. The smallest absolute Gasteiger partial charge is 0.335 e. The zero-order valence-corrected chi connectivity index (χ0v) is 11.7. The molecule has 0 aliphatic heterocycles. The number of aromatic carboxylic acids is 1. The first kappa shape index (κ1) is 12.8. The Morgan fingerprint density at radius 2 is 1.90 bits per heavy atom. The molecule has 0 unspecified atom stereocenters. The van der Waals surface area contributed by atoms with Gasteiger partial charge in [0.25, 0.3) is 0 Å². The van der Waals surface area contributed by atoms with Gasteiger partial charge in [-0.3, -0.25) is 4.79 Å². The Balaban J connectivity index is 2.40. The van der Waals surface area contributed by atoms with Crippen LogP contribution in [0.25, 0.3) is 20.2 Å². The quantitative estimate of drug-likeness (QED) is 0.730. The van der Waals surface area contributed by atoms with Crippen LogP contribution in [0.1, 0.15) is 22.8 Å². The monoisotopic (exact) mass is 284 g/mol. The summed E-state index contributed by atoms with van der Waals surface area (Å²) in [6, 6.07) is 10.5. The molecule has 20 heavy (non-hydrogen) atoms. The topological polar surface area (TPSA) is 54.4 Å². The van der Waals surface area contributed by atoms with Gasteiger partial charge in [0.15, 0.2) is 5.43 Å². The van der Waals surface area contributed by atoms with Crippen LogP contribution in [-0.4, -0.2) is 11.1 Å². The Morgan fingerprint density at radius 1 is 1.10 bits per heavy atom. The highest BCUT2D eigenvalue weighted by atomic mass is 32.1. The van der Waals surface area contributed by atoms with Crippen LogP contribution in [0.3, 0.4) is 0 Å². The van der Waals surface area contributed by atoms with Crippen molar-refractivity contribution in [3.05, 3.63) is 57.7 Å². The van der Waals surface area contributed by atoms with Crippen molar-refractivity contribution >= 4 is 37.5 Å². The van der Waals surface area contributed by atoms with E-state index in [1.165, 1.54) is 17.4 Å². The Kier molecular flexibility index (Phi) is 3.03. The first-order valence-corrected chi connectivity index (χ1v) is 7.14. The van der Waals surface area contributed by atoms with E-state index in [0.29, 0.717) is 15.5 Å². The van der Waals surface area contributed by atoms with Crippen molar-refractivity contribution in [3.8, 4) is 0 Å². The molecular formula is C16H12O3S. The molecule has 3 rings (SSSR count). The molecule has 1 heterocycles. The van der Waals surface area contributed by atoms with E-state index in [-0.39, 0.29) is 11.0 Å². The standard InChI is InChI=1S/C16H12O3S/c1-2-9-3-6-13-12(7-9)15(17)11-5-4-10(16(18)19)8-14(11)20-13/h3-8H,2H2,1H3,(H,18,19). The molecule has 0 saturated carbocycles. The van der Waals surface area contributed by atoms with E-state index in [9.17, 15) is 9.59 Å². The van der Waals surface area contributed by atoms with E-state index in [1.54, 1.807) is 12.1 Å². The summed E-state index contributed by atoms with van der Waals surface area (Å²) in [6.45, 7) is 2.05. The van der Waals surface area contributed by atoms with Crippen LogP contribution in [0, 0.1) is 0 Å². The van der Waals surface area contributed by atoms with Gasteiger partial charge in [0.2, 0.25) is 0 Å². The molecule has 2 aromatic carbocycles. The number of hydrogen-bond donors (Lipinski definition) is 1. The summed E-state index contributed by atoms with van der Waals surface area (Å²) >= 11 is 1.45. The van der Waals surface area contributed by atoms with Crippen molar-refractivity contribution in [2.45, 2.75) is 13.3 Å². The third kappa shape index (κ3) is 1.98. The molecule has 0 bridgehead atoms. The van der Waals surface area contributed by atoms with Gasteiger partial charge in [-0.2, -0.15) is 0 Å². The maximum atomic E-state index is 12.5. The van der Waals surface area contributed by atoms with Crippen molar-refractivity contribution in [2.75, 3.05) is 0 Å². The SMILES string of the molecule is CCc1ccc2sc3cc(C(=O)O)ccc3c(=O)c2c1. The molecule has 0 amide bonds. The number of fused-ring (bicyclic) bond motifs is 2. The fourth-order valence-corrected chi connectivity index (χ4v) is 3.35. The summed E-state index contributed by atoms with van der Waals surface area (Å²) in [5.74, 6) is -0.979. The molecule has 0 saturated heterocycles. The lowest BCUT2D eigenvalue weighted by atomic mass is 10.1. The molecule has 1 N–H and O–H groups in total. The Bertz CT molecular complexity index is 893. The molecule has 100 valence electrons. The predicted molar refractivity (Wildman–Crippen MR) is 81.9 cm³/mol. The fraction of sp³-hybridized carbons (Fsp3) is 0.125. The molecular weight excluding hydrogens is 272 g/mol. The number of aryl methyl sites for hydroxylation is 1. The highest BCUT2D eigenvalue weighted by Gasteiger charge is 2.09. The lowest BCUT2D eigenvalue weighted by molar-refractivity contribution is 0.0697. The van der Waals surface area contributed by atoms with Crippen molar-refractivity contribution in [2.24, 2.45) is 0 Å². The second-order valence-corrected chi connectivity index (χ2v) is 5.72. The van der Waals surface area contributed by atoms with E-state index in [2.05, 4.69) is 6.92 Å². The van der Waals surface area contributed by atoms with Crippen LogP contribution in [-0.2, 0) is 6.42 Å². The van der Waals surface area contributed by atoms with Gasteiger partial charge < -0.3 is 5.11 Å². The highest BCUT2D eigenvalue weighted by molar-refractivity contribution is 7.24. The zero-order valence-electron chi connectivity index (χ0n) is 10.8. The van der Waals surface area contributed by atoms with E-state index in [1.807, 2.05) is 18.2 Å². The average Bonchev–Trinajstić information content (AvgIpc) is 2.46. The minimum absolute atomic E-state index is 0.0269. The first-order valence-electron chi connectivity index (χ1n) is 6.33. The van der Waals surface area contributed by atoms with E-state index < -0.39 is 5.97 Å². The van der Waals surface area contributed by atoms with Gasteiger partial charge in [-0.05, 0) is 42.3 Å². The minimum Gasteiger partial charge on any atom is -0.478 e. The van der Waals surface area contributed by atoms with Crippen molar-refractivity contribution in [1.82, 2.24) is 0 Å². The lowest BCUT2D eigenvalue weighted by Gasteiger charge is -2.04. The van der Waals surface area contributed by atoms with Crippen LogP contribution in [0.5, 0.6) is 0 Å². The molecule has 3 nitrogen and oxygen atoms in total. The minimum atomic E-state index is -0.979. The van der Waals surface area contributed by atoms with Gasteiger partial charge in [0.05, 0.1) is 5.56 Å². The first-order chi connectivity index (χ1) is 9.60. The molecule has 0 spiro atoms. The normalized spacial score (nSPS) is 11.1. The maximum Gasteiger partial charge on any atom is 0.335 e.